The lowest BCUT2D eigenvalue weighted by Crippen LogP contribution is -2.49. The Hall–Kier alpha value is -3.48. The standard InChI is InChI=1S/C24H28N4O3/c1-4-31-23-8-6-5-7-21(23)27-13-15-28(16-14-27)24(29)22-17-20(25-26(22)2)18-9-11-19(30-3)12-10-18/h5-12,17H,4,13-16H2,1-3H3. The first-order chi connectivity index (χ1) is 15.1. The molecular formula is C24H28N4O3. The van der Waals surface area contributed by atoms with E-state index in [1.54, 1.807) is 11.8 Å². The second-order valence-electron chi connectivity index (χ2n) is 7.45. The first-order valence-electron chi connectivity index (χ1n) is 10.5. The minimum absolute atomic E-state index is 0.00695. The fraction of sp³-hybridized carbons (Fsp3) is 0.333. The fourth-order valence-electron chi connectivity index (χ4n) is 3.88. The number of aryl methyl sites for hydroxylation is 1. The second kappa shape index (κ2) is 9.12. The van der Waals surface area contributed by atoms with Gasteiger partial charge in [0.2, 0.25) is 0 Å². The van der Waals surface area contributed by atoms with Crippen LogP contribution in [0, 0.1) is 0 Å². The van der Waals surface area contributed by atoms with Crippen molar-refractivity contribution < 1.29 is 14.3 Å². The number of amides is 1. The van der Waals surface area contributed by atoms with Gasteiger partial charge in [0.25, 0.3) is 5.91 Å². The zero-order valence-electron chi connectivity index (χ0n) is 18.2. The maximum atomic E-state index is 13.2. The van der Waals surface area contributed by atoms with Crippen molar-refractivity contribution in [3.05, 3.63) is 60.3 Å². The Labute approximate surface area is 182 Å². The highest BCUT2D eigenvalue weighted by atomic mass is 16.5. The SMILES string of the molecule is CCOc1ccccc1N1CCN(C(=O)c2cc(-c3ccc(OC)cc3)nn2C)CC1. The van der Waals surface area contributed by atoms with Gasteiger partial charge in [0, 0.05) is 38.8 Å². The van der Waals surface area contributed by atoms with Crippen LogP contribution in [-0.4, -0.2) is 60.5 Å². The summed E-state index contributed by atoms with van der Waals surface area (Å²) < 4.78 is 12.6. The van der Waals surface area contributed by atoms with Gasteiger partial charge >= 0.3 is 0 Å². The van der Waals surface area contributed by atoms with Crippen LogP contribution >= 0.6 is 0 Å². The van der Waals surface area contributed by atoms with Crippen LogP contribution in [0.3, 0.4) is 0 Å². The lowest BCUT2D eigenvalue weighted by Gasteiger charge is -2.36. The Morgan fingerprint density at radius 2 is 1.74 bits per heavy atom. The molecule has 0 saturated carbocycles. The molecule has 1 aliphatic heterocycles. The maximum Gasteiger partial charge on any atom is 0.272 e. The van der Waals surface area contributed by atoms with Crippen LogP contribution in [0.5, 0.6) is 11.5 Å². The maximum absolute atomic E-state index is 13.2. The highest BCUT2D eigenvalue weighted by Gasteiger charge is 2.26. The Bertz CT molecular complexity index is 1040. The Morgan fingerprint density at radius 3 is 2.42 bits per heavy atom. The summed E-state index contributed by atoms with van der Waals surface area (Å²) in [4.78, 5) is 17.4. The summed E-state index contributed by atoms with van der Waals surface area (Å²) in [6, 6.07) is 17.6. The average molecular weight is 421 g/mol. The van der Waals surface area contributed by atoms with Gasteiger partial charge in [-0.25, -0.2) is 0 Å². The Morgan fingerprint density at radius 1 is 1.03 bits per heavy atom. The van der Waals surface area contributed by atoms with Gasteiger partial charge < -0.3 is 19.3 Å². The van der Waals surface area contributed by atoms with Crippen molar-refractivity contribution in [3.8, 4) is 22.8 Å². The van der Waals surface area contributed by atoms with Crippen LogP contribution in [0.4, 0.5) is 5.69 Å². The molecule has 1 aliphatic rings. The second-order valence-corrected chi connectivity index (χ2v) is 7.45. The number of methoxy groups -OCH3 is 1. The van der Waals surface area contributed by atoms with Crippen molar-refractivity contribution >= 4 is 11.6 Å². The van der Waals surface area contributed by atoms with E-state index in [0.29, 0.717) is 25.4 Å². The van der Waals surface area contributed by atoms with Crippen molar-refractivity contribution in [3.63, 3.8) is 0 Å². The number of aromatic nitrogens is 2. The molecular weight excluding hydrogens is 392 g/mol. The number of nitrogens with zero attached hydrogens (tertiary/aromatic N) is 4. The molecule has 0 N–H and O–H groups in total. The molecule has 0 atom stereocenters. The topological polar surface area (TPSA) is 59.8 Å². The molecule has 2 aromatic carbocycles. The number of anilines is 1. The number of carbonyl (C=O) groups is 1. The number of para-hydroxylation sites is 2. The van der Waals surface area contributed by atoms with E-state index in [1.165, 1.54) is 0 Å². The molecule has 3 aromatic rings. The van der Waals surface area contributed by atoms with Crippen molar-refractivity contribution in [2.24, 2.45) is 7.05 Å². The van der Waals surface area contributed by atoms with Crippen LogP contribution in [-0.2, 0) is 7.05 Å². The van der Waals surface area contributed by atoms with E-state index in [2.05, 4.69) is 16.1 Å². The monoisotopic (exact) mass is 420 g/mol. The van der Waals surface area contributed by atoms with E-state index < -0.39 is 0 Å². The quantitative estimate of drug-likeness (QED) is 0.611. The van der Waals surface area contributed by atoms with Crippen LogP contribution in [0.25, 0.3) is 11.3 Å². The molecule has 1 fully saturated rings. The van der Waals surface area contributed by atoms with Crippen LogP contribution in [0.2, 0.25) is 0 Å². The summed E-state index contributed by atoms with van der Waals surface area (Å²) in [6.07, 6.45) is 0. The Balaban J connectivity index is 1.45. The van der Waals surface area contributed by atoms with E-state index in [-0.39, 0.29) is 5.91 Å². The number of ether oxygens (including phenoxy) is 2. The first kappa shape index (κ1) is 20.8. The Kier molecular flexibility index (Phi) is 6.11. The van der Waals surface area contributed by atoms with Crippen molar-refractivity contribution in [1.82, 2.24) is 14.7 Å². The van der Waals surface area contributed by atoms with Gasteiger partial charge in [0.05, 0.1) is 25.1 Å². The molecule has 2 heterocycles. The molecule has 7 nitrogen and oxygen atoms in total. The number of piperazine rings is 1. The van der Waals surface area contributed by atoms with E-state index in [1.807, 2.05) is 67.4 Å². The predicted octanol–water partition coefficient (Wildman–Crippen LogP) is 3.46. The lowest BCUT2D eigenvalue weighted by atomic mass is 10.1. The molecule has 0 aliphatic carbocycles. The van der Waals surface area contributed by atoms with Crippen LogP contribution in [0.1, 0.15) is 17.4 Å². The van der Waals surface area contributed by atoms with Gasteiger partial charge in [-0.15, -0.1) is 0 Å². The number of hydrogen-bond donors (Lipinski definition) is 0. The molecule has 1 amide bonds. The normalized spacial score (nSPS) is 13.9. The number of rotatable bonds is 6. The molecule has 1 aromatic heterocycles. The van der Waals surface area contributed by atoms with Crippen molar-refractivity contribution in [2.75, 3.05) is 44.8 Å². The molecule has 31 heavy (non-hydrogen) atoms. The third-order valence-electron chi connectivity index (χ3n) is 5.56. The molecule has 1 saturated heterocycles. The van der Waals surface area contributed by atoms with Gasteiger partial charge in [0.15, 0.2) is 0 Å². The third-order valence-corrected chi connectivity index (χ3v) is 5.56. The van der Waals surface area contributed by atoms with Gasteiger partial charge in [0.1, 0.15) is 17.2 Å². The number of hydrogen-bond acceptors (Lipinski definition) is 5. The summed E-state index contributed by atoms with van der Waals surface area (Å²) in [5, 5.41) is 4.55. The van der Waals surface area contributed by atoms with E-state index in [9.17, 15) is 4.79 Å². The third kappa shape index (κ3) is 4.35. The average Bonchev–Trinajstić information content (AvgIpc) is 3.21. The van der Waals surface area contributed by atoms with Gasteiger partial charge in [-0.3, -0.25) is 9.48 Å². The fourth-order valence-corrected chi connectivity index (χ4v) is 3.88. The molecule has 0 bridgehead atoms. The first-order valence-corrected chi connectivity index (χ1v) is 10.5. The summed E-state index contributed by atoms with van der Waals surface area (Å²) >= 11 is 0. The smallest absolute Gasteiger partial charge is 0.272 e. The van der Waals surface area contributed by atoms with Crippen LogP contribution in [0.15, 0.2) is 54.6 Å². The summed E-state index contributed by atoms with van der Waals surface area (Å²) in [5.74, 6) is 1.69. The zero-order valence-corrected chi connectivity index (χ0v) is 18.2. The molecule has 162 valence electrons. The predicted molar refractivity (Wildman–Crippen MR) is 121 cm³/mol. The largest absolute Gasteiger partial charge is 0.497 e. The molecule has 0 unspecified atom stereocenters. The van der Waals surface area contributed by atoms with Crippen LogP contribution < -0.4 is 14.4 Å². The summed E-state index contributed by atoms with van der Waals surface area (Å²) in [5.41, 5.74) is 3.40. The van der Waals surface area contributed by atoms with Crippen molar-refractivity contribution in [2.45, 2.75) is 6.92 Å². The van der Waals surface area contributed by atoms with Gasteiger partial charge in [-0.2, -0.15) is 5.10 Å². The van der Waals surface area contributed by atoms with Gasteiger partial charge in [-0.05, 0) is 49.4 Å². The summed E-state index contributed by atoms with van der Waals surface area (Å²) in [7, 11) is 3.45. The minimum Gasteiger partial charge on any atom is -0.497 e. The van der Waals surface area contributed by atoms with E-state index in [4.69, 9.17) is 9.47 Å². The number of carbonyl (C=O) groups excluding carboxylic acids is 1. The zero-order chi connectivity index (χ0) is 21.8. The number of benzene rings is 2. The summed E-state index contributed by atoms with van der Waals surface area (Å²) in [6.45, 7) is 5.46. The van der Waals surface area contributed by atoms with Crippen molar-refractivity contribution in [1.29, 1.82) is 0 Å². The van der Waals surface area contributed by atoms with E-state index in [0.717, 1.165) is 41.5 Å². The molecule has 7 heteroatoms. The molecule has 4 rings (SSSR count). The van der Waals surface area contributed by atoms with Gasteiger partial charge in [-0.1, -0.05) is 12.1 Å². The van der Waals surface area contributed by atoms with E-state index >= 15 is 0 Å². The highest BCUT2D eigenvalue weighted by molar-refractivity contribution is 5.94. The minimum atomic E-state index is 0.00695. The molecule has 0 spiro atoms. The lowest BCUT2D eigenvalue weighted by molar-refractivity contribution is 0.0735. The molecule has 0 radical (unpaired) electrons. The highest BCUT2D eigenvalue weighted by Crippen LogP contribution is 2.29.